The molecule has 6 heteroatoms. The molecule has 5 nitrogen and oxygen atoms in total. The Balaban J connectivity index is 0.00000280. The minimum Gasteiger partial charge on any atom is -0.351 e. The van der Waals surface area contributed by atoms with E-state index in [4.69, 9.17) is 5.73 Å². The van der Waals surface area contributed by atoms with E-state index < -0.39 is 6.04 Å². The Labute approximate surface area is 174 Å². The first-order chi connectivity index (χ1) is 12.9. The highest BCUT2D eigenvalue weighted by atomic mass is 35.5. The zero-order chi connectivity index (χ0) is 19.6. The SMILES string of the molecule is Cc1ccccc1C(=O)NC(C(=O)NC1C2CCCC1CC(N)C2)C(C)C.Cl. The van der Waals surface area contributed by atoms with Gasteiger partial charge >= 0.3 is 0 Å². The Bertz CT molecular complexity index is 680. The van der Waals surface area contributed by atoms with Crippen molar-refractivity contribution in [3.05, 3.63) is 35.4 Å². The summed E-state index contributed by atoms with van der Waals surface area (Å²) < 4.78 is 0. The fourth-order valence-electron chi connectivity index (χ4n) is 4.86. The lowest BCUT2D eigenvalue weighted by atomic mass is 9.67. The maximum absolute atomic E-state index is 13.1. The molecule has 3 atom stereocenters. The molecule has 0 saturated heterocycles. The van der Waals surface area contributed by atoms with E-state index in [0.717, 1.165) is 31.2 Å². The molecule has 4 N–H and O–H groups in total. The van der Waals surface area contributed by atoms with Crippen LogP contribution in [0.25, 0.3) is 0 Å². The van der Waals surface area contributed by atoms with Gasteiger partial charge in [0.05, 0.1) is 0 Å². The molecule has 2 aliphatic rings. The number of fused-ring (bicyclic) bond motifs is 2. The van der Waals surface area contributed by atoms with Gasteiger partial charge in [-0.05, 0) is 62.0 Å². The molecule has 3 rings (SSSR count). The number of benzene rings is 1. The second kappa shape index (κ2) is 9.75. The van der Waals surface area contributed by atoms with Gasteiger partial charge in [-0.2, -0.15) is 0 Å². The van der Waals surface area contributed by atoms with Gasteiger partial charge in [-0.25, -0.2) is 0 Å². The molecule has 0 radical (unpaired) electrons. The number of carbonyl (C=O) groups excluding carboxylic acids is 2. The first kappa shape index (κ1) is 22.7. The third-order valence-electron chi connectivity index (χ3n) is 6.31. The third kappa shape index (κ3) is 5.06. The number of nitrogens with two attached hydrogens (primary N) is 1. The Morgan fingerprint density at radius 3 is 2.29 bits per heavy atom. The number of nitrogens with one attached hydrogen (secondary N) is 2. The molecule has 2 aliphatic carbocycles. The quantitative estimate of drug-likeness (QED) is 0.700. The van der Waals surface area contributed by atoms with Crippen molar-refractivity contribution in [1.29, 1.82) is 0 Å². The van der Waals surface area contributed by atoms with E-state index in [0.29, 0.717) is 17.4 Å². The van der Waals surface area contributed by atoms with Crippen molar-refractivity contribution < 1.29 is 9.59 Å². The number of amides is 2. The van der Waals surface area contributed by atoms with Crippen molar-refractivity contribution in [2.24, 2.45) is 23.5 Å². The summed E-state index contributed by atoms with van der Waals surface area (Å²) in [4.78, 5) is 25.8. The minimum absolute atomic E-state index is 0. The third-order valence-corrected chi connectivity index (χ3v) is 6.31. The molecular weight excluding hydrogens is 374 g/mol. The maximum atomic E-state index is 13.1. The van der Waals surface area contributed by atoms with E-state index in [9.17, 15) is 9.59 Å². The molecule has 1 aromatic rings. The van der Waals surface area contributed by atoms with Crippen LogP contribution in [0.2, 0.25) is 0 Å². The molecule has 28 heavy (non-hydrogen) atoms. The van der Waals surface area contributed by atoms with Crippen molar-refractivity contribution >= 4 is 24.2 Å². The van der Waals surface area contributed by atoms with E-state index in [1.165, 1.54) is 6.42 Å². The lowest BCUT2D eigenvalue weighted by Crippen LogP contribution is -2.58. The van der Waals surface area contributed by atoms with Gasteiger partial charge in [0, 0.05) is 17.6 Å². The van der Waals surface area contributed by atoms with Gasteiger partial charge in [-0.1, -0.05) is 38.5 Å². The van der Waals surface area contributed by atoms with Crippen LogP contribution in [0.1, 0.15) is 61.9 Å². The van der Waals surface area contributed by atoms with Crippen LogP contribution < -0.4 is 16.4 Å². The number of hydrogen-bond donors (Lipinski definition) is 3. The summed E-state index contributed by atoms with van der Waals surface area (Å²) in [6, 6.07) is 7.38. The van der Waals surface area contributed by atoms with Gasteiger partial charge in [0.15, 0.2) is 0 Å². The number of hydrogen-bond acceptors (Lipinski definition) is 3. The number of halogens is 1. The van der Waals surface area contributed by atoms with Gasteiger partial charge in [0.2, 0.25) is 5.91 Å². The first-order valence-electron chi connectivity index (χ1n) is 10.3. The molecule has 0 heterocycles. The van der Waals surface area contributed by atoms with Gasteiger partial charge < -0.3 is 16.4 Å². The molecule has 2 fully saturated rings. The molecule has 0 aromatic heterocycles. The predicted molar refractivity (Wildman–Crippen MR) is 114 cm³/mol. The first-order valence-corrected chi connectivity index (χ1v) is 10.3. The zero-order valence-corrected chi connectivity index (χ0v) is 17.9. The van der Waals surface area contributed by atoms with Crippen LogP contribution in [0.4, 0.5) is 0 Å². The average Bonchev–Trinajstić information content (AvgIpc) is 2.60. The van der Waals surface area contributed by atoms with Gasteiger partial charge in [-0.3, -0.25) is 9.59 Å². The summed E-state index contributed by atoms with van der Waals surface area (Å²) in [5.41, 5.74) is 7.73. The molecule has 3 unspecified atom stereocenters. The molecule has 2 amide bonds. The average molecular weight is 408 g/mol. The summed E-state index contributed by atoms with van der Waals surface area (Å²) in [6.07, 6.45) is 5.48. The fraction of sp³-hybridized carbons (Fsp3) is 0.636. The van der Waals surface area contributed by atoms with Crippen LogP contribution in [-0.4, -0.2) is 29.9 Å². The maximum Gasteiger partial charge on any atom is 0.252 e. The second-order valence-corrected chi connectivity index (χ2v) is 8.73. The van der Waals surface area contributed by atoms with E-state index in [1.54, 1.807) is 6.07 Å². The topological polar surface area (TPSA) is 84.2 Å². The monoisotopic (exact) mass is 407 g/mol. The summed E-state index contributed by atoms with van der Waals surface area (Å²) in [5, 5.41) is 6.25. The van der Waals surface area contributed by atoms with Crippen LogP contribution in [0, 0.1) is 24.7 Å². The fourth-order valence-corrected chi connectivity index (χ4v) is 4.86. The Morgan fingerprint density at radius 2 is 1.71 bits per heavy atom. The lowest BCUT2D eigenvalue weighted by molar-refractivity contribution is -0.126. The van der Waals surface area contributed by atoms with Crippen LogP contribution in [0.3, 0.4) is 0 Å². The summed E-state index contributed by atoms with van der Waals surface area (Å²) in [5.74, 6) is 0.702. The molecular formula is C22H34ClN3O2. The van der Waals surface area contributed by atoms with Gasteiger partial charge in [-0.15, -0.1) is 12.4 Å². The largest absolute Gasteiger partial charge is 0.351 e. The summed E-state index contributed by atoms with van der Waals surface area (Å²) in [7, 11) is 0. The van der Waals surface area contributed by atoms with E-state index >= 15 is 0 Å². The molecule has 156 valence electrons. The van der Waals surface area contributed by atoms with Crippen LogP contribution in [0.15, 0.2) is 24.3 Å². The van der Waals surface area contributed by atoms with E-state index in [-0.39, 0.29) is 42.2 Å². The molecule has 0 spiro atoms. The van der Waals surface area contributed by atoms with Crippen LogP contribution in [-0.2, 0) is 4.79 Å². The Kier molecular flexibility index (Phi) is 7.90. The van der Waals surface area contributed by atoms with E-state index in [1.807, 2.05) is 39.0 Å². The van der Waals surface area contributed by atoms with Crippen molar-refractivity contribution in [3.8, 4) is 0 Å². The van der Waals surface area contributed by atoms with E-state index in [2.05, 4.69) is 10.6 Å². The standard InChI is InChI=1S/C22H33N3O2.ClH/c1-13(2)19(24-21(26)18-10-5-4-7-14(18)3)22(27)25-20-15-8-6-9-16(20)12-17(23)11-15;/h4-5,7,10,13,15-17,19-20H,6,8-9,11-12,23H2,1-3H3,(H,24,26)(H,25,27);1H. The molecule has 0 aliphatic heterocycles. The Hall–Kier alpha value is -1.59. The second-order valence-electron chi connectivity index (χ2n) is 8.73. The summed E-state index contributed by atoms with van der Waals surface area (Å²) in [6.45, 7) is 5.85. The van der Waals surface area contributed by atoms with Crippen molar-refractivity contribution in [1.82, 2.24) is 10.6 Å². The number of aryl methyl sites for hydroxylation is 1. The highest BCUT2D eigenvalue weighted by Gasteiger charge is 2.41. The van der Waals surface area contributed by atoms with Crippen LogP contribution >= 0.6 is 12.4 Å². The molecule has 2 bridgehead atoms. The van der Waals surface area contributed by atoms with Crippen molar-refractivity contribution in [3.63, 3.8) is 0 Å². The summed E-state index contributed by atoms with van der Waals surface area (Å²) >= 11 is 0. The highest BCUT2D eigenvalue weighted by molar-refractivity contribution is 5.98. The van der Waals surface area contributed by atoms with Gasteiger partial charge in [0.25, 0.3) is 5.91 Å². The molecule has 1 aromatic carbocycles. The van der Waals surface area contributed by atoms with Crippen LogP contribution in [0.5, 0.6) is 0 Å². The van der Waals surface area contributed by atoms with Crippen molar-refractivity contribution in [2.45, 2.75) is 71.0 Å². The number of carbonyl (C=O) groups is 2. The van der Waals surface area contributed by atoms with Crippen molar-refractivity contribution in [2.75, 3.05) is 0 Å². The minimum atomic E-state index is -0.534. The van der Waals surface area contributed by atoms with Gasteiger partial charge in [0.1, 0.15) is 6.04 Å². The predicted octanol–water partition coefficient (Wildman–Crippen LogP) is 3.19. The normalized spacial score (nSPS) is 27.5. The highest BCUT2D eigenvalue weighted by Crippen LogP contribution is 2.39. The Morgan fingerprint density at radius 1 is 1.11 bits per heavy atom. The smallest absolute Gasteiger partial charge is 0.252 e. The molecule has 2 saturated carbocycles. The zero-order valence-electron chi connectivity index (χ0n) is 17.1. The number of rotatable bonds is 5. The lowest BCUT2D eigenvalue weighted by Gasteiger charge is -2.45.